The van der Waals surface area contributed by atoms with E-state index in [2.05, 4.69) is 15.0 Å². The highest BCUT2D eigenvalue weighted by Gasteiger charge is 2.17. The minimum atomic E-state index is -0.694. The molecule has 0 radical (unpaired) electrons. The van der Waals surface area contributed by atoms with E-state index in [1.807, 2.05) is 42.5 Å². The quantitative estimate of drug-likeness (QED) is 0.281. The van der Waals surface area contributed by atoms with Gasteiger partial charge in [-0.05, 0) is 30.3 Å². The van der Waals surface area contributed by atoms with Gasteiger partial charge in [0.25, 0.3) is 0 Å². The molecular formula is C20H13ClN4O3. The van der Waals surface area contributed by atoms with Gasteiger partial charge in [0.05, 0.1) is 21.6 Å². The summed E-state index contributed by atoms with van der Waals surface area (Å²) >= 11 is 5.90. The number of benzene rings is 3. The molecule has 0 bridgehead atoms. The second-order valence-corrected chi connectivity index (χ2v) is 6.47. The molecule has 0 fully saturated rings. The number of aromatic nitrogens is 2. The fourth-order valence-electron chi connectivity index (χ4n) is 2.81. The Balaban J connectivity index is 1.68. The number of fused-ring (bicyclic) bond motifs is 1. The summed E-state index contributed by atoms with van der Waals surface area (Å²) in [5.74, 6) is 0.228. The van der Waals surface area contributed by atoms with Crippen molar-refractivity contribution in [2.45, 2.75) is 0 Å². The lowest BCUT2D eigenvalue weighted by atomic mass is 10.1. The first-order valence-corrected chi connectivity index (χ1v) is 8.65. The number of para-hydroxylation sites is 2. The predicted molar refractivity (Wildman–Crippen MR) is 109 cm³/mol. The van der Waals surface area contributed by atoms with E-state index in [0.29, 0.717) is 11.5 Å². The van der Waals surface area contributed by atoms with Crippen molar-refractivity contribution in [2.24, 2.45) is 4.99 Å². The van der Waals surface area contributed by atoms with Crippen molar-refractivity contribution in [3.05, 3.63) is 81.4 Å². The Kier molecular flexibility index (Phi) is 4.50. The molecule has 0 saturated carbocycles. The van der Waals surface area contributed by atoms with Gasteiger partial charge in [-0.15, -0.1) is 0 Å². The first-order valence-electron chi connectivity index (χ1n) is 8.27. The summed E-state index contributed by atoms with van der Waals surface area (Å²) in [6.45, 7) is 0. The first-order chi connectivity index (χ1) is 13.5. The van der Waals surface area contributed by atoms with Gasteiger partial charge in [0.15, 0.2) is 0 Å². The number of hydrogen-bond donors (Lipinski definition) is 2. The molecule has 8 heteroatoms. The number of hydrogen-bond acceptors (Lipinski definition) is 5. The molecular weight excluding hydrogens is 380 g/mol. The van der Waals surface area contributed by atoms with E-state index >= 15 is 0 Å². The van der Waals surface area contributed by atoms with Crippen LogP contribution in [0, 0.1) is 10.1 Å². The zero-order valence-corrected chi connectivity index (χ0v) is 15.1. The molecule has 7 nitrogen and oxygen atoms in total. The highest BCUT2D eigenvalue weighted by atomic mass is 35.5. The number of aliphatic imine (C=N–C) groups is 1. The first kappa shape index (κ1) is 17.7. The molecule has 0 saturated heterocycles. The average molecular weight is 393 g/mol. The van der Waals surface area contributed by atoms with Crippen LogP contribution in [0.3, 0.4) is 0 Å². The van der Waals surface area contributed by atoms with Gasteiger partial charge < -0.3 is 10.1 Å². The summed E-state index contributed by atoms with van der Waals surface area (Å²) < 4.78 is 0. The Bertz CT molecular complexity index is 1200. The zero-order valence-electron chi connectivity index (χ0n) is 14.3. The van der Waals surface area contributed by atoms with E-state index in [1.54, 1.807) is 6.07 Å². The fourth-order valence-corrected chi connectivity index (χ4v) is 3.03. The largest absolute Gasteiger partial charge is 0.502 e. The van der Waals surface area contributed by atoms with E-state index in [1.165, 1.54) is 12.3 Å². The lowest BCUT2D eigenvalue weighted by Gasteiger charge is -2.02. The lowest BCUT2D eigenvalue weighted by molar-refractivity contribution is -0.385. The van der Waals surface area contributed by atoms with Gasteiger partial charge >= 0.3 is 5.69 Å². The number of rotatable bonds is 4. The molecule has 4 aromatic rings. The molecule has 28 heavy (non-hydrogen) atoms. The van der Waals surface area contributed by atoms with Crippen molar-refractivity contribution in [3.63, 3.8) is 0 Å². The van der Waals surface area contributed by atoms with Gasteiger partial charge in [0, 0.05) is 28.4 Å². The number of aromatic hydroxyl groups is 1. The average Bonchev–Trinajstić information content (AvgIpc) is 3.13. The van der Waals surface area contributed by atoms with Crippen LogP contribution in [0.4, 0.5) is 11.4 Å². The topological polar surface area (TPSA) is 104 Å². The number of nitro groups is 1. The van der Waals surface area contributed by atoms with Gasteiger partial charge in [0.2, 0.25) is 5.75 Å². The third-order valence-electron chi connectivity index (χ3n) is 4.14. The van der Waals surface area contributed by atoms with Crippen LogP contribution in [0.2, 0.25) is 5.02 Å². The van der Waals surface area contributed by atoms with E-state index < -0.39 is 16.4 Å². The van der Waals surface area contributed by atoms with E-state index in [4.69, 9.17) is 11.6 Å². The molecule has 0 aliphatic carbocycles. The van der Waals surface area contributed by atoms with Crippen LogP contribution in [0.5, 0.6) is 5.75 Å². The second kappa shape index (κ2) is 7.13. The van der Waals surface area contributed by atoms with Gasteiger partial charge in [-0.2, -0.15) is 0 Å². The standard InChI is InChI=1S/C20H13ClN4O3/c21-14-8-13(19(26)18(10-14)25(27)28)11-22-15-5-3-4-12(9-15)20-23-16-6-1-2-7-17(16)24-20/h1-11,26H,(H,23,24). The Morgan fingerprint density at radius 2 is 1.96 bits per heavy atom. The minimum absolute atomic E-state index is 0.141. The molecule has 138 valence electrons. The zero-order chi connectivity index (χ0) is 19.7. The predicted octanol–water partition coefficient (Wildman–Crippen LogP) is 5.25. The van der Waals surface area contributed by atoms with Crippen molar-refractivity contribution in [3.8, 4) is 17.1 Å². The summed E-state index contributed by atoms with van der Waals surface area (Å²) in [4.78, 5) is 22.4. The number of H-pyrrole nitrogens is 1. The number of nitrogens with one attached hydrogen (secondary N) is 1. The third-order valence-corrected chi connectivity index (χ3v) is 4.36. The third kappa shape index (κ3) is 3.43. The van der Waals surface area contributed by atoms with E-state index in [-0.39, 0.29) is 10.6 Å². The number of aromatic amines is 1. The number of imidazole rings is 1. The van der Waals surface area contributed by atoms with Crippen LogP contribution < -0.4 is 0 Å². The maximum absolute atomic E-state index is 11.0. The summed E-state index contributed by atoms with van der Waals surface area (Å²) in [5, 5.41) is 21.2. The molecule has 3 aromatic carbocycles. The Morgan fingerprint density at radius 3 is 2.75 bits per heavy atom. The Labute approximate surface area is 164 Å². The van der Waals surface area contributed by atoms with Crippen LogP contribution in [-0.2, 0) is 0 Å². The highest BCUT2D eigenvalue weighted by Crippen LogP contribution is 2.33. The number of nitrogens with zero attached hydrogens (tertiary/aromatic N) is 3. The van der Waals surface area contributed by atoms with Gasteiger partial charge in [-0.3, -0.25) is 15.1 Å². The summed E-state index contributed by atoms with van der Waals surface area (Å²) in [6.07, 6.45) is 1.34. The number of phenols is 1. The van der Waals surface area contributed by atoms with Gasteiger partial charge in [-0.1, -0.05) is 35.9 Å². The SMILES string of the molecule is O=[N+]([O-])c1cc(Cl)cc(C=Nc2cccc(-c3nc4ccccc4[nH]3)c2)c1O. The molecule has 4 rings (SSSR count). The molecule has 2 N–H and O–H groups in total. The van der Waals surface area contributed by atoms with Crippen molar-refractivity contribution in [2.75, 3.05) is 0 Å². The van der Waals surface area contributed by atoms with E-state index in [0.717, 1.165) is 22.7 Å². The van der Waals surface area contributed by atoms with Crippen molar-refractivity contribution >= 4 is 40.2 Å². The molecule has 0 amide bonds. The molecule has 1 aromatic heterocycles. The lowest BCUT2D eigenvalue weighted by Crippen LogP contribution is -1.92. The fraction of sp³-hybridized carbons (Fsp3) is 0. The van der Waals surface area contributed by atoms with Gasteiger partial charge in [0.1, 0.15) is 5.82 Å². The van der Waals surface area contributed by atoms with Crippen LogP contribution in [0.1, 0.15) is 5.56 Å². The number of halogens is 1. The maximum atomic E-state index is 11.0. The normalized spacial score (nSPS) is 11.3. The van der Waals surface area contributed by atoms with Gasteiger partial charge in [-0.25, -0.2) is 4.98 Å². The number of phenolic OH excluding ortho intramolecular Hbond substituents is 1. The number of nitro benzene ring substituents is 1. The van der Waals surface area contributed by atoms with Crippen LogP contribution in [0.25, 0.3) is 22.4 Å². The summed E-state index contributed by atoms with van der Waals surface area (Å²) in [6, 6.07) is 17.6. The van der Waals surface area contributed by atoms with Crippen LogP contribution in [-0.4, -0.2) is 26.2 Å². The van der Waals surface area contributed by atoms with Crippen molar-refractivity contribution < 1.29 is 10.0 Å². The van der Waals surface area contributed by atoms with Crippen molar-refractivity contribution in [1.29, 1.82) is 0 Å². The second-order valence-electron chi connectivity index (χ2n) is 6.03. The molecule has 0 aliphatic rings. The van der Waals surface area contributed by atoms with Crippen molar-refractivity contribution in [1.82, 2.24) is 9.97 Å². The molecule has 1 heterocycles. The highest BCUT2D eigenvalue weighted by molar-refractivity contribution is 6.31. The monoisotopic (exact) mass is 392 g/mol. The minimum Gasteiger partial charge on any atom is -0.502 e. The summed E-state index contributed by atoms with van der Waals surface area (Å²) in [7, 11) is 0. The molecule has 0 aliphatic heterocycles. The maximum Gasteiger partial charge on any atom is 0.312 e. The molecule has 0 unspecified atom stereocenters. The van der Waals surface area contributed by atoms with E-state index in [9.17, 15) is 15.2 Å². The summed E-state index contributed by atoms with van der Waals surface area (Å²) in [5.41, 5.74) is 2.93. The Hall–Kier alpha value is -3.71. The van der Waals surface area contributed by atoms with Crippen LogP contribution >= 0.6 is 11.6 Å². The Morgan fingerprint density at radius 1 is 1.14 bits per heavy atom. The smallest absolute Gasteiger partial charge is 0.312 e. The molecule has 0 atom stereocenters. The molecule has 0 spiro atoms. The van der Waals surface area contributed by atoms with Crippen LogP contribution in [0.15, 0.2) is 65.7 Å².